The third-order valence-electron chi connectivity index (χ3n) is 2.55. The van der Waals surface area contributed by atoms with Crippen molar-refractivity contribution in [1.82, 2.24) is 0 Å². The van der Waals surface area contributed by atoms with Gasteiger partial charge in [0.2, 0.25) is 0 Å². The molecule has 4 nitrogen and oxygen atoms in total. The summed E-state index contributed by atoms with van der Waals surface area (Å²) in [4.78, 5) is -0.150. The van der Waals surface area contributed by atoms with Gasteiger partial charge >= 0.3 is 0 Å². The minimum Gasteiger partial charge on any atom is -0.507 e. The molecule has 19 heavy (non-hydrogen) atoms. The van der Waals surface area contributed by atoms with Crippen molar-refractivity contribution in [3.8, 4) is 5.75 Å². The number of nitrogens with one attached hydrogen (secondary N) is 1. The molecule has 2 aromatic rings. The van der Waals surface area contributed by atoms with Gasteiger partial charge < -0.3 is 5.11 Å². The van der Waals surface area contributed by atoms with Gasteiger partial charge in [-0.25, -0.2) is 8.42 Å². The van der Waals surface area contributed by atoms with Crippen LogP contribution in [0.4, 0.5) is 5.69 Å². The SMILES string of the molecule is C=Cc1ccc(NS(=O)(=O)c2ccccc2O)cc1. The zero-order valence-corrected chi connectivity index (χ0v) is 10.9. The van der Waals surface area contributed by atoms with E-state index >= 15 is 0 Å². The normalized spacial score (nSPS) is 10.9. The van der Waals surface area contributed by atoms with Gasteiger partial charge in [0, 0.05) is 5.69 Å². The standard InChI is InChI=1S/C14H13NO3S/c1-2-11-7-9-12(10-8-11)15-19(17,18)14-6-4-3-5-13(14)16/h2-10,15-16H,1H2. The molecule has 2 rings (SSSR count). The average molecular weight is 275 g/mol. The largest absolute Gasteiger partial charge is 0.507 e. The number of para-hydroxylation sites is 1. The molecule has 0 atom stereocenters. The number of rotatable bonds is 4. The van der Waals surface area contributed by atoms with Gasteiger partial charge in [0.25, 0.3) is 10.0 Å². The molecule has 0 radical (unpaired) electrons. The first-order valence-electron chi connectivity index (χ1n) is 5.56. The number of phenols is 1. The fourth-order valence-corrected chi connectivity index (χ4v) is 2.74. The van der Waals surface area contributed by atoms with Crippen LogP contribution in [0.5, 0.6) is 5.75 Å². The molecule has 0 unspecified atom stereocenters. The minimum atomic E-state index is -3.79. The van der Waals surface area contributed by atoms with Crippen molar-refractivity contribution in [2.24, 2.45) is 0 Å². The van der Waals surface area contributed by atoms with Gasteiger partial charge in [0.05, 0.1) is 0 Å². The van der Waals surface area contributed by atoms with E-state index in [2.05, 4.69) is 11.3 Å². The molecule has 0 bridgehead atoms. The van der Waals surface area contributed by atoms with Gasteiger partial charge in [0.15, 0.2) is 0 Å². The summed E-state index contributed by atoms with van der Waals surface area (Å²) in [6.07, 6.45) is 1.67. The van der Waals surface area contributed by atoms with Crippen LogP contribution in [0.2, 0.25) is 0 Å². The van der Waals surface area contributed by atoms with Crippen molar-refractivity contribution < 1.29 is 13.5 Å². The molecule has 0 aliphatic heterocycles. The number of phenolic OH excluding ortho intramolecular Hbond substituents is 1. The zero-order valence-electron chi connectivity index (χ0n) is 10.1. The Morgan fingerprint density at radius 2 is 1.68 bits per heavy atom. The van der Waals surface area contributed by atoms with Crippen LogP contribution in [0.3, 0.4) is 0 Å². The number of hydrogen-bond donors (Lipinski definition) is 2. The Labute approximate surface area is 112 Å². The maximum Gasteiger partial charge on any atom is 0.265 e. The molecule has 0 saturated carbocycles. The van der Waals surface area contributed by atoms with Gasteiger partial charge in [-0.1, -0.05) is 36.9 Å². The van der Waals surface area contributed by atoms with Crippen LogP contribution >= 0.6 is 0 Å². The molecule has 98 valence electrons. The fraction of sp³-hybridized carbons (Fsp3) is 0. The predicted molar refractivity (Wildman–Crippen MR) is 75.4 cm³/mol. The van der Waals surface area contributed by atoms with E-state index in [0.29, 0.717) is 5.69 Å². The first kappa shape index (κ1) is 13.2. The smallest absolute Gasteiger partial charge is 0.265 e. The molecule has 5 heteroatoms. The lowest BCUT2D eigenvalue weighted by Crippen LogP contribution is -2.12. The second kappa shape index (κ2) is 5.16. The summed E-state index contributed by atoms with van der Waals surface area (Å²) < 4.78 is 26.6. The van der Waals surface area contributed by atoms with E-state index < -0.39 is 10.0 Å². The molecular formula is C14H13NO3S. The summed E-state index contributed by atoms with van der Waals surface area (Å²) in [5.41, 5.74) is 1.32. The quantitative estimate of drug-likeness (QED) is 0.901. The minimum absolute atomic E-state index is 0.150. The van der Waals surface area contributed by atoms with E-state index in [1.54, 1.807) is 42.5 Å². The molecule has 0 aliphatic carbocycles. The Morgan fingerprint density at radius 3 is 2.26 bits per heavy atom. The Kier molecular flexibility index (Phi) is 3.57. The Balaban J connectivity index is 2.31. The number of sulfonamides is 1. The number of hydrogen-bond acceptors (Lipinski definition) is 3. The van der Waals surface area contributed by atoms with E-state index in [1.807, 2.05) is 0 Å². The number of aromatic hydroxyl groups is 1. The average Bonchev–Trinajstić information content (AvgIpc) is 2.39. The second-order valence-corrected chi connectivity index (χ2v) is 5.55. The topological polar surface area (TPSA) is 66.4 Å². The number of benzene rings is 2. The first-order valence-corrected chi connectivity index (χ1v) is 7.04. The monoisotopic (exact) mass is 275 g/mol. The van der Waals surface area contributed by atoms with Crippen molar-refractivity contribution in [2.75, 3.05) is 4.72 Å². The summed E-state index contributed by atoms with van der Waals surface area (Å²) >= 11 is 0. The maximum atomic E-state index is 12.1. The fourth-order valence-electron chi connectivity index (χ4n) is 1.58. The highest BCUT2D eigenvalue weighted by Crippen LogP contribution is 2.24. The lowest BCUT2D eigenvalue weighted by molar-refractivity contribution is 0.459. The second-order valence-electron chi connectivity index (χ2n) is 3.90. The van der Waals surface area contributed by atoms with Crippen LogP contribution in [-0.2, 0) is 10.0 Å². The molecule has 0 aliphatic rings. The highest BCUT2D eigenvalue weighted by atomic mass is 32.2. The Hall–Kier alpha value is -2.27. The summed E-state index contributed by atoms with van der Waals surface area (Å²) in [5.74, 6) is -0.280. The summed E-state index contributed by atoms with van der Waals surface area (Å²) in [7, 11) is -3.79. The molecule has 0 fully saturated rings. The van der Waals surface area contributed by atoms with E-state index in [0.717, 1.165) is 5.56 Å². The molecular weight excluding hydrogens is 262 g/mol. The summed E-state index contributed by atoms with van der Waals surface area (Å²) in [5, 5.41) is 9.57. The van der Waals surface area contributed by atoms with Crippen molar-refractivity contribution in [1.29, 1.82) is 0 Å². The lowest BCUT2D eigenvalue weighted by Gasteiger charge is -2.09. The third-order valence-corrected chi connectivity index (χ3v) is 3.98. The third kappa shape index (κ3) is 2.95. The maximum absolute atomic E-state index is 12.1. The van der Waals surface area contributed by atoms with E-state index in [-0.39, 0.29) is 10.6 Å². The van der Waals surface area contributed by atoms with Gasteiger partial charge in [-0.2, -0.15) is 0 Å². The summed E-state index contributed by atoms with van der Waals surface area (Å²) in [6.45, 7) is 3.62. The van der Waals surface area contributed by atoms with E-state index in [4.69, 9.17) is 0 Å². The van der Waals surface area contributed by atoms with Crippen molar-refractivity contribution in [2.45, 2.75) is 4.90 Å². The van der Waals surface area contributed by atoms with Crippen LogP contribution in [0, 0.1) is 0 Å². The van der Waals surface area contributed by atoms with Crippen molar-refractivity contribution in [3.63, 3.8) is 0 Å². The molecule has 0 spiro atoms. The Bertz CT molecular complexity index is 691. The number of anilines is 1. The van der Waals surface area contributed by atoms with Crippen molar-refractivity contribution >= 4 is 21.8 Å². The molecule has 0 saturated heterocycles. The predicted octanol–water partition coefficient (Wildman–Crippen LogP) is 2.84. The first-order chi connectivity index (χ1) is 9.03. The lowest BCUT2D eigenvalue weighted by atomic mass is 10.2. The molecule has 0 heterocycles. The highest BCUT2D eigenvalue weighted by molar-refractivity contribution is 7.92. The highest BCUT2D eigenvalue weighted by Gasteiger charge is 2.17. The summed E-state index contributed by atoms with van der Waals surface area (Å²) in [6, 6.07) is 12.5. The molecule has 2 N–H and O–H groups in total. The van der Waals surface area contributed by atoms with Crippen LogP contribution < -0.4 is 4.72 Å². The molecule has 0 amide bonds. The Morgan fingerprint density at radius 1 is 1.05 bits per heavy atom. The van der Waals surface area contributed by atoms with Gasteiger partial charge in [-0.3, -0.25) is 4.72 Å². The molecule has 2 aromatic carbocycles. The van der Waals surface area contributed by atoms with Crippen molar-refractivity contribution in [3.05, 3.63) is 60.7 Å². The van der Waals surface area contributed by atoms with Gasteiger partial charge in [0.1, 0.15) is 10.6 Å². The van der Waals surface area contributed by atoms with Crippen LogP contribution in [0.1, 0.15) is 5.56 Å². The van der Waals surface area contributed by atoms with Gasteiger partial charge in [-0.15, -0.1) is 0 Å². The van der Waals surface area contributed by atoms with Crippen LogP contribution in [0.15, 0.2) is 60.0 Å². The van der Waals surface area contributed by atoms with Gasteiger partial charge in [-0.05, 0) is 29.8 Å². The van der Waals surface area contributed by atoms with E-state index in [1.165, 1.54) is 12.1 Å². The molecule has 0 aromatic heterocycles. The van der Waals surface area contributed by atoms with Crippen LogP contribution in [-0.4, -0.2) is 13.5 Å². The zero-order chi connectivity index (χ0) is 13.9. The van der Waals surface area contributed by atoms with E-state index in [9.17, 15) is 13.5 Å². The van der Waals surface area contributed by atoms with Crippen LogP contribution in [0.25, 0.3) is 6.08 Å².